The van der Waals surface area contributed by atoms with Gasteiger partial charge in [0.15, 0.2) is 12.4 Å². The number of pyridine rings is 1. The molecule has 0 aliphatic rings. The van der Waals surface area contributed by atoms with Gasteiger partial charge >= 0.3 is 0 Å². The van der Waals surface area contributed by atoms with Crippen molar-refractivity contribution < 1.29 is 26.3 Å². The lowest BCUT2D eigenvalue weighted by Crippen LogP contribution is -3.00. The average Bonchev–Trinajstić information content (AvgIpc) is 2.09. The molecule has 0 saturated heterocycles. The van der Waals surface area contributed by atoms with E-state index in [1.165, 1.54) is 0 Å². The molecule has 1 heterocycles. The van der Waals surface area contributed by atoms with E-state index in [0.29, 0.717) is 5.69 Å². The van der Waals surface area contributed by atoms with E-state index in [1.807, 2.05) is 5.43 Å². The minimum Gasteiger partial charge on any atom is -1.00 e. The molecule has 0 aliphatic heterocycles. The molecule has 5 nitrogen and oxygen atoms in total. The summed E-state index contributed by atoms with van der Waals surface area (Å²) in [7, 11) is 0. The number of rotatable bonds is 2. The summed E-state index contributed by atoms with van der Waals surface area (Å²) in [6.45, 7) is 0.205. The van der Waals surface area contributed by atoms with E-state index >= 15 is 0 Å². The summed E-state index contributed by atoms with van der Waals surface area (Å²) in [5.41, 5.74) is 8.15. The highest BCUT2D eigenvalue weighted by atomic mass is 79.9. The molecule has 0 spiro atoms. The van der Waals surface area contributed by atoms with E-state index in [4.69, 9.17) is 11.6 Å². The molecule has 0 radical (unpaired) electrons. The van der Waals surface area contributed by atoms with E-state index < -0.39 is 0 Å². The third-order valence-electron chi connectivity index (χ3n) is 1.40. The number of aromatic nitrogens is 1. The lowest BCUT2D eigenvalue weighted by atomic mass is 10.4. The van der Waals surface area contributed by atoms with Crippen molar-refractivity contribution in [2.24, 2.45) is 5.84 Å². The van der Waals surface area contributed by atoms with Crippen LogP contribution >= 0.6 is 0 Å². The maximum atomic E-state index is 10.8. The van der Waals surface area contributed by atoms with Crippen molar-refractivity contribution in [3.05, 3.63) is 24.5 Å². The standard InChI is InChI=1S/C7H10N4O.BrH/c8-6-1-3-11(4-2-6)5-7(12)10-9;/h1-4,8H,5,9H2,(H,10,12);1H. The summed E-state index contributed by atoms with van der Waals surface area (Å²) in [5.74, 6) is 4.67. The zero-order valence-corrected chi connectivity index (χ0v) is 8.49. The average molecular weight is 247 g/mol. The molecular weight excluding hydrogens is 236 g/mol. The summed E-state index contributed by atoms with van der Waals surface area (Å²) in [6, 6.07) is 3.42. The maximum Gasteiger partial charge on any atom is 0.299 e. The van der Waals surface area contributed by atoms with Crippen molar-refractivity contribution in [3.63, 3.8) is 0 Å². The van der Waals surface area contributed by atoms with Crippen LogP contribution in [0.15, 0.2) is 24.5 Å². The molecule has 6 heteroatoms. The molecule has 1 aromatic rings. The SMILES string of the molecule is NNC(=O)C[n+]1ccc(N)cc1.[Br-]. The summed E-state index contributed by atoms with van der Waals surface area (Å²) in [4.78, 5) is 10.8. The second-order valence-electron chi connectivity index (χ2n) is 2.37. The molecule has 1 rings (SSSR count). The molecule has 1 amide bonds. The van der Waals surface area contributed by atoms with Gasteiger partial charge in [-0.15, -0.1) is 0 Å². The molecule has 0 bridgehead atoms. The predicted molar refractivity (Wildman–Crippen MR) is 43.4 cm³/mol. The fraction of sp³-hybridized carbons (Fsp3) is 0.143. The first-order valence-corrected chi connectivity index (χ1v) is 3.46. The molecular formula is C7H11BrN4O. The molecule has 13 heavy (non-hydrogen) atoms. The lowest BCUT2D eigenvalue weighted by molar-refractivity contribution is -0.684. The Morgan fingerprint density at radius 2 is 2.00 bits per heavy atom. The number of nitrogens with zero attached hydrogens (tertiary/aromatic N) is 1. The van der Waals surface area contributed by atoms with Crippen molar-refractivity contribution in [1.29, 1.82) is 0 Å². The number of nitrogens with two attached hydrogens (primary N) is 2. The number of halogens is 1. The normalized spacial score (nSPS) is 8.69. The van der Waals surface area contributed by atoms with Crippen LogP contribution < -0.4 is 38.6 Å². The number of amides is 1. The van der Waals surface area contributed by atoms with Gasteiger partial charge in [0.25, 0.3) is 5.91 Å². The highest BCUT2D eigenvalue weighted by Gasteiger charge is 2.05. The van der Waals surface area contributed by atoms with E-state index in [9.17, 15) is 4.79 Å². The second kappa shape index (κ2) is 5.50. The topological polar surface area (TPSA) is 85.0 Å². The van der Waals surface area contributed by atoms with E-state index in [2.05, 4.69) is 0 Å². The monoisotopic (exact) mass is 246 g/mol. The van der Waals surface area contributed by atoms with Gasteiger partial charge in [-0.2, -0.15) is 4.57 Å². The Balaban J connectivity index is 0.00000144. The van der Waals surface area contributed by atoms with Crippen molar-refractivity contribution in [3.8, 4) is 0 Å². The van der Waals surface area contributed by atoms with Gasteiger partial charge in [0, 0.05) is 17.8 Å². The van der Waals surface area contributed by atoms with Gasteiger partial charge < -0.3 is 22.7 Å². The van der Waals surface area contributed by atoms with Crippen molar-refractivity contribution in [1.82, 2.24) is 5.43 Å². The van der Waals surface area contributed by atoms with Crippen LogP contribution in [0.1, 0.15) is 0 Å². The Bertz CT molecular complexity index is 274. The zero-order chi connectivity index (χ0) is 8.97. The fourth-order valence-electron chi connectivity index (χ4n) is 0.786. The van der Waals surface area contributed by atoms with Gasteiger partial charge in [-0.05, 0) is 0 Å². The first kappa shape index (κ1) is 11.9. The Labute approximate surface area is 86.5 Å². The maximum absolute atomic E-state index is 10.8. The van der Waals surface area contributed by atoms with Crippen LogP contribution in [0.5, 0.6) is 0 Å². The fourth-order valence-corrected chi connectivity index (χ4v) is 0.786. The predicted octanol–water partition coefficient (Wildman–Crippen LogP) is -4.45. The Kier molecular flexibility index (Phi) is 5.01. The largest absolute Gasteiger partial charge is 1.00 e. The number of carbonyl (C=O) groups is 1. The third-order valence-corrected chi connectivity index (χ3v) is 1.40. The van der Waals surface area contributed by atoms with Crippen molar-refractivity contribution in [2.75, 3.05) is 5.73 Å². The Hall–Kier alpha value is -1.14. The van der Waals surface area contributed by atoms with Crippen molar-refractivity contribution in [2.45, 2.75) is 6.54 Å². The first-order valence-electron chi connectivity index (χ1n) is 3.46. The van der Waals surface area contributed by atoms with Crippen molar-refractivity contribution >= 4 is 11.6 Å². The summed E-state index contributed by atoms with van der Waals surface area (Å²) < 4.78 is 1.68. The molecule has 1 aromatic heterocycles. The van der Waals surface area contributed by atoms with Crippen LogP contribution in [0, 0.1) is 0 Å². The highest BCUT2D eigenvalue weighted by Crippen LogP contribution is 1.92. The van der Waals surface area contributed by atoms with E-state index in [1.54, 1.807) is 29.1 Å². The lowest BCUT2D eigenvalue weighted by Gasteiger charge is -1.95. The van der Waals surface area contributed by atoms with E-state index in [-0.39, 0.29) is 29.4 Å². The van der Waals surface area contributed by atoms with Crippen LogP contribution in [0.25, 0.3) is 0 Å². The first-order chi connectivity index (χ1) is 5.72. The molecule has 5 N–H and O–H groups in total. The quantitative estimate of drug-likeness (QED) is 0.213. The summed E-state index contributed by atoms with van der Waals surface area (Å²) >= 11 is 0. The van der Waals surface area contributed by atoms with Gasteiger partial charge in [-0.1, -0.05) is 0 Å². The minimum atomic E-state index is -0.246. The summed E-state index contributed by atoms with van der Waals surface area (Å²) in [6.07, 6.45) is 3.43. The number of nitrogens with one attached hydrogen (secondary N) is 1. The number of anilines is 1. The smallest absolute Gasteiger partial charge is 0.299 e. The number of hydrogen-bond acceptors (Lipinski definition) is 3. The molecule has 0 atom stereocenters. The molecule has 72 valence electrons. The Morgan fingerprint density at radius 3 is 2.46 bits per heavy atom. The molecule has 0 fully saturated rings. The van der Waals surface area contributed by atoms with Gasteiger partial charge in [0.1, 0.15) is 0 Å². The molecule has 0 saturated carbocycles. The van der Waals surface area contributed by atoms with Crippen LogP contribution in [-0.4, -0.2) is 5.91 Å². The van der Waals surface area contributed by atoms with E-state index in [0.717, 1.165) is 0 Å². The number of carbonyl (C=O) groups excluding carboxylic acids is 1. The number of nitrogen functional groups attached to an aromatic ring is 1. The van der Waals surface area contributed by atoms with Gasteiger partial charge in [-0.3, -0.25) is 10.2 Å². The van der Waals surface area contributed by atoms with Gasteiger partial charge in [-0.25, -0.2) is 5.84 Å². The Morgan fingerprint density at radius 1 is 1.46 bits per heavy atom. The minimum absolute atomic E-state index is 0. The third kappa shape index (κ3) is 3.86. The van der Waals surface area contributed by atoms with Crippen LogP contribution in [0.3, 0.4) is 0 Å². The van der Waals surface area contributed by atoms with Crippen LogP contribution in [0.2, 0.25) is 0 Å². The molecule has 0 aromatic carbocycles. The molecule has 0 aliphatic carbocycles. The number of hydrazine groups is 1. The number of hydrogen-bond donors (Lipinski definition) is 3. The van der Waals surface area contributed by atoms with Gasteiger partial charge in [0.05, 0.1) is 0 Å². The zero-order valence-electron chi connectivity index (χ0n) is 6.90. The van der Waals surface area contributed by atoms with Crippen LogP contribution in [-0.2, 0) is 11.3 Å². The van der Waals surface area contributed by atoms with Gasteiger partial charge in [0.2, 0.25) is 6.54 Å². The highest BCUT2D eigenvalue weighted by molar-refractivity contribution is 5.73. The summed E-state index contributed by atoms with van der Waals surface area (Å²) in [5, 5.41) is 0. The second-order valence-corrected chi connectivity index (χ2v) is 2.37. The van der Waals surface area contributed by atoms with Crippen LogP contribution in [0.4, 0.5) is 5.69 Å². The molecule has 0 unspecified atom stereocenters.